The molecule has 0 aromatic heterocycles. The normalized spacial score (nSPS) is 30.2. The number of nitrogens with zero attached hydrogens (tertiary/aromatic N) is 1. The second kappa shape index (κ2) is 9.28. The summed E-state index contributed by atoms with van der Waals surface area (Å²) in [4.78, 5) is 13.1. The summed E-state index contributed by atoms with van der Waals surface area (Å²) in [6.07, 6.45) is 5.85. The van der Waals surface area contributed by atoms with Gasteiger partial charge in [0.1, 0.15) is 0 Å². The first kappa shape index (κ1) is 21.8. The smallest absolute Gasteiger partial charge is 0.408 e. The van der Waals surface area contributed by atoms with Crippen LogP contribution in [-0.4, -0.2) is 61.6 Å². The summed E-state index contributed by atoms with van der Waals surface area (Å²) >= 11 is 0. The van der Waals surface area contributed by atoms with Crippen molar-refractivity contribution in [1.29, 1.82) is 0 Å². The molecule has 2 N–H and O–H groups in total. The van der Waals surface area contributed by atoms with E-state index in [4.69, 9.17) is 4.74 Å². The van der Waals surface area contributed by atoms with Crippen LogP contribution in [-0.2, 0) is 14.8 Å². The standard InChI is InChI=1S/C21H30N2O5S/c1-3-17-13-19(22-29(2,26)27)20(23(17)21(24)25)14-28-18-11-9-16(10-12-18)15-7-5-4-6-8-15/h3-8,16-20,22H,1,9-14H2,2H3,(H,24,25). The molecule has 1 aromatic carbocycles. The first-order valence-corrected chi connectivity index (χ1v) is 11.9. The lowest BCUT2D eigenvalue weighted by Gasteiger charge is -2.32. The molecule has 160 valence electrons. The topological polar surface area (TPSA) is 95.9 Å². The zero-order valence-corrected chi connectivity index (χ0v) is 17.6. The van der Waals surface area contributed by atoms with Gasteiger partial charge in [-0.05, 0) is 43.6 Å². The Morgan fingerprint density at radius 3 is 2.48 bits per heavy atom. The number of nitrogens with one attached hydrogen (secondary N) is 1. The van der Waals surface area contributed by atoms with Crippen molar-refractivity contribution in [3.63, 3.8) is 0 Å². The summed E-state index contributed by atoms with van der Waals surface area (Å²) in [6.45, 7) is 3.88. The van der Waals surface area contributed by atoms with Crippen LogP contribution in [0.25, 0.3) is 0 Å². The largest absolute Gasteiger partial charge is 0.465 e. The Morgan fingerprint density at radius 2 is 1.93 bits per heavy atom. The third kappa shape index (κ3) is 5.58. The molecule has 1 heterocycles. The molecule has 1 aliphatic heterocycles. The van der Waals surface area contributed by atoms with E-state index in [0.29, 0.717) is 12.3 Å². The Labute approximate surface area is 172 Å². The number of likely N-dealkylation sites (tertiary alicyclic amines) is 1. The molecule has 2 aliphatic rings. The van der Waals surface area contributed by atoms with Gasteiger partial charge in [-0.1, -0.05) is 36.4 Å². The van der Waals surface area contributed by atoms with Gasteiger partial charge in [0.2, 0.25) is 10.0 Å². The van der Waals surface area contributed by atoms with Crippen LogP contribution in [0.15, 0.2) is 43.0 Å². The Balaban J connectivity index is 1.60. The summed E-state index contributed by atoms with van der Waals surface area (Å²) in [7, 11) is -3.46. The van der Waals surface area contributed by atoms with Crippen molar-refractivity contribution in [3.8, 4) is 0 Å². The molecule has 0 spiro atoms. The molecule has 1 aromatic rings. The zero-order valence-electron chi connectivity index (χ0n) is 16.7. The fourth-order valence-corrected chi connectivity index (χ4v) is 5.39. The fourth-order valence-electron chi connectivity index (χ4n) is 4.58. The number of benzene rings is 1. The van der Waals surface area contributed by atoms with Gasteiger partial charge in [-0.2, -0.15) is 0 Å². The highest BCUT2D eigenvalue weighted by atomic mass is 32.2. The van der Waals surface area contributed by atoms with Gasteiger partial charge in [0.15, 0.2) is 0 Å². The van der Waals surface area contributed by atoms with Crippen LogP contribution in [0, 0.1) is 0 Å². The summed E-state index contributed by atoms with van der Waals surface area (Å²) in [5.41, 5.74) is 1.35. The van der Waals surface area contributed by atoms with E-state index in [1.807, 2.05) is 6.07 Å². The number of carbonyl (C=O) groups is 1. The first-order valence-electron chi connectivity index (χ1n) is 10.1. The molecule has 3 atom stereocenters. The van der Waals surface area contributed by atoms with Crippen molar-refractivity contribution in [2.75, 3.05) is 12.9 Å². The summed E-state index contributed by atoms with van der Waals surface area (Å²) in [5.74, 6) is 0.530. The van der Waals surface area contributed by atoms with E-state index < -0.39 is 34.2 Å². The van der Waals surface area contributed by atoms with E-state index in [1.54, 1.807) is 6.08 Å². The van der Waals surface area contributed by atoms with Crippen molar-refractivity contribution in [2.45, 2.75) is 62.3 Å². The van der Waals surface area contributed by atoms with Gasteiger partial charge < -0.3 is 9.84 Å². The molecular weight excluding hydrogens is 392 g/mol. The quantitative estimate of drug-likeness (QED) is 0.659. The molecule has 0 radical (unpaired) electrons. The number of hydrogen-bond acceptors (Lipinski definition) is 4. The van der Waals surface area contributed by atoms with E-state index in [1.165, 1.54) is 10.5 Å². The second-order valence-corrected chi connectivity index (χ2v) is 9.79. The summed E-state index contributed by atoms with van der Waals surface area (Å²) < 4.78 is 32.1. The Hall–Kier alpha value is -1.90. The van der Waals surface area contributed by atoms with Crippen LogP contribution < -0.4 is 4.72 Å². The van der Waals surface area contributed by atoms with Crippen molar-refractivity contribution in [1.82, 2.24) is 9.62 Å². The summed E-state index contributed by atoms with van der Waals surface area (Å²) in [6, 6.07) is 8.92. The molecule has 0 bridgehead atoms. The molecule has 1 aliphatic carbocycles. The van der Waals surface area contributed by atoms with Crippen LogP contribution in [0.4, 0.5) is 4.79 Å². The van der Waals surface area contributed by atoms with Crippen molar-refractivity contribution >= 4 is 16.1 Å². The molecule has 1 amide bonds. The Bertz CT molecular complexity index is 806. The van der Waals surface area contributed by atoms with E-state index in [9.17, 15) is 18.3 Å². The molecule has 29 heavy (non-hydrogen) atoms. The third-order valence-corrected chi connectivity index (χ3v) is 6.71. The molecule has 3 unspecified atom stereocenters. The molecule has 7 nitrogen and oxygen atoms in total. The number of sulfonamides is 1. The van der Waals surface area contributed by atoms with Gasteiger partial charge in [0.25, 0.3) is 0 Å². The molecule has 2 fully saturated rings. The highest BCUT2D eigenvalue weighted by molar-refractivity contribution is 7.88. The lowest BCUT2D eigenvalue weighted by molar-refractivity contribution is -0.00609. The number of amides is 1. The van der Waals surface area contributed by atoms with Gasteiger partial charge in [-0.3, -0.25) is 4.90 Å². The molecule has 1 saturated carbocycles. The maximum absolute atomic E-state index is 11.8. The molecule has 1 saturated heterocycles. The van der Waals surface area contributed by atoms with Crippen LogP contribution >= 0.6 is 0 Å². The van der Waals surface area contributed by atoms with E-state index >= 15 is 0 Å². The second-order valence-electron chi connectivity index (χ2n) is 8.01. The van der Waals surface area contributed by atoms with Crippen LogP contribution in [0.3, 0.4) is 0 Å². The lowest BCUT2D eigenvalue weighted by Crippen LogP contribution is -2.50. The average Bonchev–Trinajstić information content (AvgIpc) is 3.03. The number of hydrogen-bond donors (Lipinski definition) is 2. The average molecular weight is 423 g/mol. The predicted octanol–water partition coefficient (Wildman–Crippen LogP) is 2.95. The predicted molar refractivity (Wildman–Crippen MR) is 111 cm³/mol. The minimum Gasteiger partial charge on any atom is -0.465 e. The maximum Gasteiger partial charge on any atom is 0.408 e. The first-order chi connectivity index (χ1) is 13.8. The Morgan fingerprint density at radius 1 is 1.28 bits per heavy atom. The monoisotopic (exact) mass is 422 g/mol. The van der Waals surface area contributed by atoms with Crippen molar-refractivity contribution in [3.05, 3.63) is 48.6 Å². The third-order valence-electron chi connectivity index (χ3n) is 5.98. The van der Waals surface area contributed by atoms with Crippen molar-refractivity contribution < 1.29 is 23.1 Å². The van der Waals surface area contributed by atoms with Crippen LogP contribution in [0.5, 0.6) is 0 Å². The fraction of sp³-hybridized carbons (Fsp3) is 0.571. The van der Waals surface area contributed by atoms with Crippen LogP contribution in [0.1, 0.15) is 43.6 Å². The molecule has 3 rings (SSSR count). The number of rotatable bonds is 7. The summed E-state index contributed by atoms with van der Waals surface area (Å²) in [5, 5.41) is 9.64. The lowest BCUT2D eigenvalue weighted by atomic mass is 9.83. The highest BCUT2D eigenvalue weighted by Gasteiger charge is 2.44. The van der Waals surface area contributed by atoms with Gasteiger partial charge >= 0.3 is 6.09 Å². The zero-order chi connectivity index (χ0) is 21.0. The maximum atomic E-state index is 11.8. The van der Waals surface area contributed by atoms with Gasteiger partial charge in [0.05, 0.1) is 31.1 Å². The van der Waals surface area contributed by atoms with Gasteiger partial charge in [0, 0.05) is 6.04 Å². The van der Waals surface area contributed by atoms with E-state index in [0.717, 1.165) is 31.9 Å². The molecular formula is C21H30N2O5S. The molecule has 8 heteroatoms. The SMILES string of the molecule is C=CC1CC(NS(C)(=O)=O)C(COC2CCC(c3ccccc3)CC2)N1C(=O)O. The number of carboxylic acid groups (broad SMARTS) is 1. The van der Waals surface area contributed by atoms with Crippen LogP contribution in [0.2, 0.25) is 0 Å². The van der Waals surface area contributed by atoms with Gasteiger partial charge in [-0.25, -0.2) is 17.9 Å². The van der Waals surface area contributed by atoms with E-state index in [-0.39, 0.29) is 12.7 Å². The number of ether oxygens (including phenoxy) is 1. The van der Waals surface area contributed by atoms with Gasteiger partial charge in [-0.15, -0.1) is 6.58 Å². The van der Waals surface area contributed by atoms with E-state index in [2.05, 4.69) is 35.6 Å². The minimum absolute atomic E-state index is 0.0623. The van der Waals surface area contributed by atoms with Crippen molar-refractivity contribution in [2.24, 2.45) is 0 Å². The highest BCUT2D eigenvalue weighted by Crippen LogP contribution is 2.34. The minimum atomic E-state index is -3.46. The Kier molecular flexibility index (Phi) is 6.97.